The van der Waals surface area contributed by atoms with Crippen molar-refractivity contribution in [2.45, 2.75) is 12.0 Å². The molecule has 118 valence electrons. The molecule has 0 bridgehead atoms. The fraction of sp³-hybridized carbons (Fsp3) is 0.0952. The Labute approximate surface area is 155 Å². The van der Waals surface area contributed by atoms with E-state index in [4.69, 9.17) is 0 Å². The van der Waals surface area contributed by atoms with E-state index in [1.165, 1.54) is 9.13 Å². The van der Waals surface area contributed by atoms with Crippen LogP contribution in [0.5, 0.6) is 0 Å². The highest BCUT2D eigenvalue weighted by Crippen LogP contribution is 2.48. The van der Waals surface area contributed by atoms with E-state index < -0.39 is 0 Å². The summed E-state index contributed by atoms with van der Waals surface area (Å²) < 4.78 is 1.17. The van der Waals surface area contributed by atoms with Gasteiger partial charge >= 0.3 is 0 Å². The summed E-state index contributed by atoms with van der Waals surface area (Å²) >= 11 is 2.28. The van der Waals surface area contributed by atoms with Crippen molar-refractivity contribution < 1.29 is 4.79 Å². The Kier molecular flexibility index (Phi) is 4.10. The van der Waals surface area contributed by atoms with Gasteiger partial charge in [0.2, 0.25) is 5.91 Å². The minimum atomic E-state index is -0.118. The molecular weight excluding hydrogens is 409 g/mol. The zero-order valence-corrected chi connectivity index (χ0v) is 15.1. The van der Waals surface area contributed by atoms with E-state index in [0.29, 0.717) is 0 Å². The van der Waals surface area contributed by atoms with E-state index in [1.54, 1.807) is 0 Å². The first-order valence-electron chi connectivity index (χ1n) is 7.94. The number of amides is 1. The summed E-state index contributed by atoms with van der Waals surface area (Å²) in [6.07, 6.45) is 0. The monoisotopic (exact) mass is 425 g/mol. The topological polar surface area (TPSA) is 20.3 Å². The molecule has 3 aromatic carbocycles. The summed E-state index contributed by atoms with van der Waals surface area (Å²) in [5.74, 6) is 0.0455. The van der Waals surface area contributed by atoms with E-state index in [1.807, 2.05) is 77.7 Å². The van der Waals surface area contributed by atoms with Crippen LogP contribution in [0, 0.1) is 3.57 Å². The molecule has 1 aliphatic rings. The normalized spacial score (nSPS) is 19.9. The molecule has 1 fully saturated rings. The number of hydrogen-bond acceptors (Lipinski definition) is 1. The number of benzene rings is 3. The molecule has 24 heavy (non-hydrogen) atoms. The molecule has 0 spiro atoms. The van der Waals surface area contributed by atoms with Gasteiger partial charge in [-0.2, -0.15) is 0 Å². The lowest BCUT2D eigenvalue weighted by Crippen LogP contribution is -2.53. The Balaban J connectivity index is 1.77. The third-order valence-electron chi connectivity index (χ3n) is 4.50. The number of carbonyl (C=O) groups excluding carboxylic acids is 1. The second-order valence-corrected chi connectivity index (χ2v) is 7.17. The molecule has 4 rings (SSSR count). The van der Waals surface area contributed by atoms with Crippen molar-refractivity contribution in [2.24, 2.45) is 0 Å². The van der Waals surface area contributed by atoms with Crippen LogP contribution < -0.4 is 4.90 Å². The average Bonchev–Trinajstić information content (AvgIpc) is 2.63. The summed E-state index contributed by atoms with van der Waals surface area (Å²) in [5.41, 5.74) is 3.21. The van der Waals surface area contributed by atoms with Gasteiger partial charge in [-0.15, -0.1) is 0 Å². The highest BCUT2D eigenvalue weighted by Gasteiger charge is 2.49. The molecule has 2 atom stereocenters. The Morgan fingerprint density at radius 3 is 1.83 bits per heavy atom. The summed E-state index contributed by atoms with van der Waals surface area (Å²) in [6, 6.07) is 28.5. The van der Waals surface area contributed by atoms with Crippen LogP contribution in [0.15, 0.2) is 84.9 Å². The van der Waals surface area contributed by atoms with Gasteiger partial charge in [-0.1, -0.05) is 60.7 Å². The molecule has 0 N–H and O–H groups in total. The molecule has 0 aliphatic carbocycles. The molecule has 2 unspecified atom stereocenters. The summed E-state index contributed by atoms with van der Waals surface area (Å²) in [5, 5.41) is 0. The van der Waals surface area contributed by atoms with Crippen molar-refractivity contribution in [3.63, 3.8) is 0 Å². The largest absolute Gasteiger partial charge is 0.303 e. The van der Waals surface area contributed by atoms with Crippen LogP contribution in [0.25, 0.3) is 0 Å². The molecule has 1 aliphatic heterocycles. The molecular formula is C21H16INO. The van der Waals surface area contributed by atoms with Crippen LogP contribution in [0.1, 0.15) is 23.1 Å². The Morgan fingerprint density at radius 1 is 0.708 bits per heavy atom. The van der Waals surface area contributed by atoms with Crippen molar-refractivity contribution in [1.82, 2.24) is 0 Å². The van der Waals surface area contributed by atoms with Crippen molar-refractivity contribution in [3.05, 3.63) is 99.6 Å². The minimum Gasteiger partial charge on any atom is -0.303 e. The lowest BCUT2D eigenvalue weighted by molar-refractivity contribution is -0.126. The van der Waals surface area contributed by atoms with Gasteiger partial charge in [-0.3, -0.25) is 4.79 Å². The zero-order valence-electron chi connectivity index (χ0n) is 13.0. The average molecular weight is 425 g/mol. The number of rotatable bonds is 3. The van der Waals surface area contributed by atoms with Crippen molar-refractivity contribution in [1.29, 1.82) is 0 Å². The molecule has 1 amide bonds. The Bertz CT molecular complexity index is 846. The molecule has 1 heterocycles. The van der Waals surface area contributed by atoms with Crippen LogP contribution >= 0.6 is 22.6 Å². The van der Waals surface area contributed by atoms with Crippen LogP contribution in [0.2, 0.25) is 0 Å². The number of hydrogen-bond donors (Lipinski definition) is 0. The van der Waals surface area contributed by atoms with Gasteiger partial charge in [0.25, 0.3) is 0 Å². The molecule has 0 aromatic heterocycles. The van der Waals surface area contributed by atoms with E-state index in [2.05, 4.69) is 34.7 Å². The predicted molar refractivity (Wildman–Crippen MR) is 105 cm³/mol. The fourth-order valence-electron chi connectivity index (χ4n) is 3.36. The van der Waals surface area contributed by atoms with Gasteiger partial charge in [0.15, 0.2) is 0 Å². The third kappa shape index (κ3) is 2.63. The standard InChI is InChI=1S/C21H16INO/c22-17-11-13-18(14-12-17)23-20(16-9-5-2-6-10-16)19(21(23)24)15-7-3-1-4-8-15/h1-14,19-20H. The van der Waals surface area contributed by atoms with E-state index in [0.717, 1.165) is 11.3 Å². The second-order valence-electron chi connectivity index (χ2n) is 5.93. The molecule has 3 heteroatoms. The summed E-state index contributed by atoms with van der Waals surface area (Å²) in [6.45, 7) is 0. The van der Waals surface area contributed by atoms with Crippen molar-refractivity contribution >= 4 is 34.2 Å². The smallest absolute Gasteiger partial charge is 0.237 e. The maximum atomic E-state index is 13.0. The van der Waals surface area contributed by atoms with E-state index >= 15 is 0 Å². The summed E-state index contributed by atoms with van der Waals surface area (Å²) in [7, 11) is 0. The zero-order chi connectivity index (χ0) is 16.5. The number of nitrogens with zero attached hydrogens (tertiary/aromatic N) is 1. The first-order valence-corrected chi connectivity index (χ1v) is 9.02. The van der Waals surface area contributed by atoms with Gasteiger partial charge in [-0.25, -0.2) is 0 Å². The predicted octanol–water partition coefficient (Wildman–Crippen LogP) is 5.16. The van der Waals surface area contributed by atoms with Gasteiger partial charge in [0, 0.05) is 9.26 Å². The molecule has 2 nitrogen and oxygen atoms in total. The second kappa shape index (κ2) is 6.40. The van der Waals surface area contributed by atoms with E-state index in [9.17, 15) is 4.79 Å². The summed E-state index contributed by atoms with van der Waals surface area (Å²) in [4.78, 5) is 14.9. The third-order valence-corrected chi connectivity index (χ3v) is 5.22. The molecule has 0 radical (unpaired) electrons. The fourth-order valence-corrected chi connectivity index (χ4v) is 3.72. The van der Waals surface area contributed by atoms with Crippen LogP contribution in [-0.4, -0.2) is 5.91 Å². The highest BCUT2D eigenvalue weighted by atomic mass is 127. The van der Waals surface area contributed by atoms with Crippen molar-refractivity contribution in [2.75, 3.05) is 4.90 Å². The lowest BCUT2D eigenvalue weighted by atomic mass is 9.77. The molecule has 0 saturated carbocycles. The number of carbonyl (C=O) groups is 1. The molecule has 1 saturated heterocycles. The Hall–Kier alpha value is -2.14. The molecule has 3 aromatic rings. The van der Waals surface area contributed by atoms with Crippen molar-refractivity contribution in [3.8, 4) is 0 Å². The van der Waals surface area contributed by atoms with Crippen LogP contribution in [0.3, 0.4) is 0 Å². The Morgan fingerprint density at radius 2 is 1.25 bits per heavy atom. The first-order chi connectivity index (χ1) is 11.8. The van der Waals surface area contributed by atoms with Gasteiger partial charge in [-0.05, 0) is 58.0 Å². The van der Waals surface area contributed by atoms with Gasteiger partial charge in [0.05, 0.1) is 12.0 Å². The maximum Gasteiger partial charge on any atom is 0.237 e. The number of anilines is 1. The van der Waals surface area contributed by atoms with Gasteiger partial charge in [0.1, 0.15) is 0 Å². The first kappa shape index (κ1) is 15.4. The van der Waals surface area contributed by atoms with Gasteiger partial charge < -0.3 is 4.90 Å². The van der Waals surface area contributed by atoms with Crippen LogP contribution in [0.4, 0.5) is 5.69 Å². The number of β-lactam (4-membered cyclic amide) rings is 1. The maximum absolute atomic E-state index is 13.0. The highest BCUT2D eigenvalue weighted by molar-refractivity contribution is 14.1. The quantitative estimate of drug-likeness (QED) is 0.419. The van der Waals surface area contributed by atoms with E-state index in [-0.39, 0.29) is 17.9 Å². The minimum absolute atomic E-state index is 0.0427. The number of halogens is 1. The SMILES string of the molecule is O=C1C(c2ccccc2)C(c2ccccc2)N1c1ccc(I)cc1. The lowest BCUT2D eigenvalue weighted by Gasteiger charge is -2.47. The van der Waals surface area contributed by atoms with Crippen LogP contribution in [-0.2, 0) is 4.79 Å².